The maximum Gasteiger partial charge on any atom is 0.409 e. The number of piperidine rings is 1. The Morgan fingerprint density at radius 3 is 2.48 bits per heavy atom. The number of ether oxygens (including phenoxy) is 1. The third-order valence-electron chi connectivity index (χ3n) is 4.45. The topological polar surface area (TPSA) is 87.7 Å². The molecule has 2 N–H and O–H groups in total. The third kappa shape index (κ3) is 5.20. The first-order chi connectivity index (χ1) is 11.9. The van der Waals surface area contributed by atoms with Crippen molar-refractivity contribution >= 4 is 23.6 Å². The SMILES string of the molecule is COC(=O)N1CCC(CNC(=O)C(=O)Nc2cc(C)ccc2C)CC1. The molecule has 1 aromatic rings. The fourth-order valence-corrected chi connectivity index (χ4v) is 2.82. The normalized spacial score (nSPS) is 14.8. The first kappa shape index (κ1) is 18.8. The number of carbonyl (C=O) groups excluding carboxylic acids is 3. The van der Waals surface area contributed by atoms with Crippen LogP contribution in [0, 0.1) is 19.8 Å². The predicted octanol–water partition coefficient (Wildman–Crippen LogP) is 1.84. The molecule has 1 aromatic carbocycles. The van der Waals surface area contributed by atoms with Gasteiger partial charge in [-0.05, 0) is 49.8 Å². The zero-order chi connectivity index (χ0) is 18.4. The van der Waals surface area contributed by atoms with Crippen molar-refractivity contribution in [3.8, 4) is 0 Å². The van der Waals surface area contributed by atoms with E-state index in [0.29, 0.717) is 25.3 Å². The minimum atomic E-state index is -0.666. The van der Waals surface area contributed by atoms with Crippen LogP contribution in [0.1, 0.15) is 24.0 Å². The maximum atomic E-state index is 12.0. The summed E-state index contributed by atoms with van der Waals surface area (Å²) < 4.78 is 4.69. The lowest BCUT2D eigenvalue weighted by atomic mass is 9.97. The molecule has 0 spiro atoms. The lowest BCUT2D eigenvalue weighted by Crippen LogP contribution is -2.43. The van der Waals surface area contributed by atoms with E-state index >= 15 is 0 Å². The number of amides is 3. The fraction of sp³-hybridized carbons (Fsp3) is 0.500. The van der Waals surface area contributed by atoms with Crippen molar-refractivity contribution in [3.05, 3.63) is 29.3 Å². The van der Waals surface area contributed by atoms with Crippen molar-refractivity contribution in [3.63, 3.8) is 0 Å². The molecule has 7 nitrogen and oxygen atoms in total. The summed E-state index contributed by atoms with van der Waals surface area (Å²) in [6.45, 7) is 5.43. The van der Waals surface area contributed by atoms with Crippen molar-refractivity contribution < 1.29 is 19.1 Å². The standard InChI is InChI=1S/C18H25N3O4/c1-12-4-5-13(2)15(10-12)20-17(23)16(22)19-11-14-6-8-21(9-7-14)18(24)25-3/h4-5,10,14H,6-9,11H2,1-3H3,(H,19,22)(H,20,23). The lowest BCUT2D eigenvalue weighted by Gasteiger charge is -2.30. The molecule has 3 amide bonds. The molecular formula is C18H25N3O4. The van der Waals surface area contributed by atoms with E-state index in [2.05, 4.69) is 10.6 Å². The Kier molecular flexibility index (Phi) is 6.38. The molecular weight excluding hydrogens is 322 g/mol. The summed E-state index contributed by atoms with van der Waals surface area (Å²) in [6, 6.07) is 5.69. The van der Waals surface area contributed by atoms with Crippen molar-refractivity contribution in [2.45, 2.75) is 26.7 Å². The van der Waals surface area contributed by atoms with Crippen LogP contribution in [0.4, 0.5) is 10.5 Å². The van der Waals surface area contributed by atoms with Gasteiger partial charge < -0.3 is 20.3 Å². The molecule has 1 aliphatic rings. The Hall–Kier alpha value is -2.57. The van der Waals surface area contributed by atoms with Gasteiger partial charge in [0.15, 0.2) is 0 Å². The van der Waals surface area contributed by atoms with Gasteiger partial charge in [0.05, 0.1) is 7.11 Å². The fourth-order valence-electron chi connectivity index (χ4n) is 2.82. The minimum Gasteiger partial charge on any atom is -0.453 e. The molecule has 0 bridgehead atoms. The van der Waals surface area contributed by atoms with Gasteiger partial charge in [0, 0.05) is 25.3 Å². The van der Waals surface area contributed by atoms with Crippen LogP contribution < -0.4 is 10.6 Å². The van der Waals surface area contributed by atoms with Gasteiger partial charge in [-0.15, -0.1) is 0 Å². The predicted molar refractivity (Wildman–Crippen MR) is 94.3 cm³/mol. The molecule has 0 atom stereocenters. The summed E-state index contributed by atoms with van der Waals surface area (Å²) in [6.07, 6.45) is 1.22. The minimum absolute atomic E-state index is 0.248. The molecule has 0 aromatic heterocycles. The Morgan fingerprint density at radius 2 is 1.84 bits per heavy atom. The van der Waals surface area contributed by atoms with Gasteiger partial charge in [-0.1, -0.05) is 12.1 Å². The zero-order valence-corrected chi connectivity index (χ0v) is 14.9. The number of likely N-dealkylation sites (tertiary alicyclic amines) is 1. The smallest absolute Gasteiger partial charge is 0.409 e. The Morgan fingerprint density at radius 1 is 1.16 bits per heavy atom. The molecule has 0 radical (unpaired) electrons. The Balaban J connectivity index is 1.78. The molecule has 1 heterocycles. The van der Waals surface area contributed by atoms with Crippen LogP contribution in [0.3, 0.4) is 0 Å². The molecule has 1 fully saturated rings. The van der Waals surface area contributed by atoms with E-state index in [4.69, 9.17) is 4.74 Å². The Bertz CT molecular complexity index is 652. The molecule has 2 rings (SSSR count). The van der Waals surface area contributed by atoms with Gasteiger partial charge in [0.25, 0.3) is 0 Å². The van der Waals surface area contributed by atoms with Gasteiger partial charge in [-0.25, -0.2) is 4.79 Å². The first-order valence-corrected chi connectivity index (χ1v) is 8.40. The van der Waals surface area contributed by atoms with Gasteiger partial charge in [-0.2, -0.15) is 0 Å². The molecule has 136 valence electrons. The van der Waals surface area contributed by atoms with E-state index in [9.17, 15) is 14.4 Å². The summed E-state index contributed by atoms with van der Waals surface area (Å²) in [5.41, 5.74) is 2.56. The van der Waals surface area contributed by atoms with E-state index < -0.39 is 11.8 Å². The van der Waals surface area contributed by atoms with E-state index in [1.807, 2.05) is 32.0 Å². The number of hydrogen-bond donors (Lipinski definition) is 2. The number of carbonyl (C=O) groups is 3. The van der Waals surface area contributed by atoms with Crippen molar-refractivity contribution in [1.29, 1.82) is 0 Å². The maximum absolute atomic E-state index is 12.0. The second-order valence-corrected chi connectivity index (χ2v) is 6.38. The highest BCUT2D eigenvalue weighted by Crippen LogP contribution is 2.18. The second kappa shape index (κ2) is 8.50. The summed E-state index contributed by atoms with van der Waals surface area (Å²) in [4.78, 5) is 37.1. The van der Waals surface area contributed by atoms with Crippen molar-refractivity contribution in [2.75, 3.05) is 32.1 Å². The van der Waals surface area contributed by atoms with Crippen LogP contribution in [-0.2, 0) is 14.3 Å². The molecule has 7 heteroatoms. The average molecular weight is 347 g/mol. The third-order valence-corrected chi connectivity index (χ3v) is 4.45. The highest BCUT2D eigenvalue weighted by atomic mass is 16.5. The largest absolute Gasteiger partial charge is 0.453 e. The molecule has 1 aliphatic heterocycles. The number of methoxy groups -OCH3 is 1. The lowest BCUT2D eigenvalue weighted by molar-refractivity contribution is -0.136. The molecule has 0 aliphatic carbocycles. The summed E-state index contributed by atoms with van der Waals surface area (Å²) >= 11 is 0. The highest BCUT2D eigenvalue weighted by Gasteiger charge is 2.24. The number of hydrogen-bond acceptors (Lipinski definition) is 4. The quantitative estimate of drug-likeness (QED) is 0.817. The number of nitrogens with zero attached hydrogens (tertiary/aromatic N) is 1. The summed E-state index contributed by atoms with van der Waals surface area (Å²) in [5.74, 6) is -1.06. The summed E-state index contributed by atoms with van der Waals surface area (Å²) in [7, 11) is 1.36. The van der Waals surface area contributed by atoms with Crippen molar-refractivity contribution in [1.82, 2.24) is 10.2 Å². The van der Waals surface area contributed by atoms with Crippen LogP contribution in [0.15, 0.2) is 18.2 Å². The monoisotopic (exact) mass is 347 g/mol. The number of aryl methyl sites for hydroxylation is 2. The summed E-state index contributed by atoms with van der Waals surface area (Å²) in [5, 5.41) is 5.33. The number of rotatable bonds is 3. The molecule has 0 unspecified atom stereocenters. The van der Waals surface area contributed by atoms with Crippen LogP contribution in [-0.4, -0.2) is 49.6 Å². The highest BCUT2D eigenvalue weighted by molar-refractivity contribution is 6.39. The van der Waals surface area contributed by atoms with E-state index in [1.54, 1.807) is 4.90 Å². The molecule has 25 heavy (non-hydrogen) atoms. The molecule has 1 saturated heterocycles. The van der Waals surface area contributed by atoms with E-state index in [-0.39, 0.29) is 12.0 Å². The van der Waals surface area contributed by atoms with Crippen LogP contribution in [0.5, 0.6) is 0 Å². The van der Waals surface area contributed by atoms with Gasteiger partial charge in [0.2, 0.25) is 0 Å². The number of benzene rings is 1. The van der Waals surface area contributed by atoms with Crippen molar-refractivity contribution in [2.24, 2.45) is 5.92 Å². The van der Waals surface area contributed by atoms with Gasteiger partial charge >= 0.3 is 17.9 Å². The van der Waals surface area contributed by atoms with E-state index in [0.717, 1.165) is 24.0 Å². The zero-order valence-electron chi connectivity index (χ0n) is 14.9. The Labute approximate surface area is 147 Å². The number of nitrogens with one attached hydrogen (secondary N) is 2. The number of anilines is 1. The second-order valence-electron chi connectivity index (χ2n) is 6.38. The van der Waals surface area contributed by atoms with Crippen LogP contribution in [0.25, 0.3) is 0 Å². The van der Waals surface area contributed by atoms with Gasteiger partial charge in [0.1, 0.15) is 0 Å². The van der Waals surface area contributed by atoms with E-state index in [1.165, 1.54) is 7.11 Å². The average Bonchev–Trinajstić information content (AvgIpc) is 2.62. The van der Waals surface area contributed by atoms with Crippen LogP contribution in [0.2, 0.25) is 0 Å². The van der Waals surface area contributed by atoms with Crippen LogP contribution >= 0.6 is 0 Å². The van der Waals surface area contributed by atoms with Gasteiger partial charge in [-0.3, -0.25) is 9.59 Å². The first-order valence-electron chi connectivity index (χ1n) is 8.40. The molecule has 0 saturated carbocycles.